The number of likely N-dealkylation sites (N-methyl/N-ethyl adjacent to an activating group) is 1. The predicted molar refractivity (Wildman–Crippen MR) is 136 cm³/mol. The quantitative estimate of drug-likeness (QED) is 0.404. The average molecular weight is 554 g/mol. The molecule has 3 aromatic rings. The van der Waals surface area contributed by atoms with Gasteiger partial charge < -0.3 is 9.64 Å². The maximum atomic E-state index is 13.3. The monoisotopic (exact) mass is 553 g/mol. The number of hydrogen-bond acceptors (Lipinski definition) is 5. The highest BCUT2D eigenvalue weighted by Crippen LogP contribution is 2.31. The van der Waals surface area contributed by atoms with Crippen LogP contribution in [-0.2, 0) is 16.2 Å². The van der Waals surface area contributed by atoms with E-state index in [0.717, 1.165) is 43.9 Å². The standard InChI is InChI=1S/C26H27ClF3N3O3S/c1-32-14-16-33(17-15-32)18-25(19-2-6-21(27)7-3-19)31-37(34,35)24-12-10-23(11-13-24)36-22-8-4-20(5-9-22)26(28,29)30/h2-13,25,31H,14-18H2,1H3/t25-/m1/s1. The molecule has 198 valence electrons. The van der Waals surface area contributed by atoms with Crippen molar-refractivity contribution >= 4 is 21.6 Å². The highest BCUT2D eigenvalue weighted by Gasteiger charge is 2.30. The Hall–Kier alpha value is -2.63. The zero-order chi connectivity index (χ0) is 26.6. The Morgan fingerprint density at radius 3 is 1.97 bits per heavy atom. The zero-order valence-corrected chi connectivity index (χ0v) is 21.7. The number of alkyl halides is 3. The van der Waals surface area contributed by atoms with Crippen molar-refractivity contribution in [2.24, 2.45) is 0 Å². The lowest BCUT2D eigenvalue weighted by Gasteiger charge is -2.35. The predicted octanol–water partition coefficient (Wildman–Crippen LogP) is 5.42. The summed E-state index contributed by atoms with van der Waals surface area (Å²) in [6.07, 6.45) is -4.43. The van der Waals surface area contributed by atoms with Crippen LogP contribution in [0, 0.1) is 0 Å². The summed E-state index contributed by atoms with van der Waals surface area (Å²) < 4.78 is 73.2. The Bertz CT molecular complexity index is 1280. The number of nitrogens with one attached hydrogen (secondary N) is 1. The molecule has 0 spiro atoms. The molecule has 11 heteroatoms. The summed E-state index contributed by atoms with van der Waals surface area (Å²) in [6.45, 7) is 3.97. The number of benzene rings is 3. The third kappa shape index (κ3) is 7.45. The van der Waals surface area contributed by atoms with Gasteiger partial charge >= 0.3 is 6.18 Å². The van der Waals surface area contributed by atoms with E-state index < -0.39 is 27.8 Å². The lowest BCUT2D eigenvalue weighted by atomic mass is 10.1. The summed E-state index contributed by atoms with van der Waals surface area (Å²) in [7, 11) is -1.83. The van der Waals surface area contributed by atoms with E-state index in [-0.39, 0.29) is 10.6 Å². The molecule has 1 atom stereocenters. The van der Waals surface area contributed by atoms with Crippen molar-refractivity contribution in [1.82, 2.24) is 14.5 Å². The molecule has 6 nitrogen and oxygen atoms in total. The second-order valence-corrected chi connectivity index (χ2v) is 11.1. The van der Waals surface area contributed by atoms with Crippen LogP contribution in [0.3, 0.4) is 0 Å². The minimum atomic E-state index is -4.43. The van der Waals surface area contributed by atoms with Gasteiger partial charge in [0.1, 0.15) is 11.5 Å². The first-order valence-corrected chi connectivity index (χ1v) is 13.5. The second-order valence-electron chi connectivity index (χ2n) is 8.92. The first-order valence-electron chi connectivity index (χ1n) is 11.6. The number of ether oxygens (including phenoxy) is 1. The summed E-state index contributed by atoms with van der Waals surface area (Å²) in [5, 5.41) is 0.564. The van der Waals surface area contributed by atoms with Gasteiger partial charge in [0.05, 0.1) is 16.5 Å². The molecule has 0 saturated carbocycles. The zero-order valence-electron chi connectivity index (χ0n) is 20.1. The van der Waals surface area contributed by atoms with Gasteiger partial charge in [0.15, 0.2) is 0 Å². The summed E-state index contributed by atoms with van der Waals surface area (Å²) >= 11 is 6.04. The van der Waals surface area contributed by atoms with Crippen LogP contribution in [0.15, 0.2) is 77.7 Å². The van der Waals surface area contributed by atoms with Gasteiger partial charge in [-0.15, -0.1) is 0 Å². The maximum absolute atomic E-state index is 13.3. The van der Waals surface area contributed by atoms with Gasteiger partial charge in [-0.3, -0.25) is 4.90 Å². The Kier molecular flexibility index (Phi) is 8.45. The molecule has 1 aliphatic rings. The molecule has 0 unspecified atom stereocenters. The second kappa shape index (κ2) is 11.4. The molecule has 0 amide bonds. The van der Waals surface area contributed by atoms with Gasteiger partial charge in [0.25, 0.3) is 0 Å². The van der Waals surface area contributed by atoms with Gasteiger partial charge in [0.2, 0.25) is 10.0 Å². The number of rotatable bonds is 8. The van der Waals surface area contributed by atoms with Crippen molar-refractivity contribution in [3.05, 3.63) is 88.9 Å². The maximum Gasteiger partial charge on any atom is 0.416 e. The Morgan fingerprint density at radius 2 is 1.43 bits per heavy atom. The van der Waals surface area contributed by atoms with Crippen LogP contribution < -0.4 is 9.46 Å². The van der Waals surface area contributed by atoms with Crippen LogP contribution in [0.1, 0.15) is 17.2 Å². The number of piperazine rings is 1. The molecular formula is C26H27ClF3N3O3S. The van der Waals surface area contributed by atoms with Crippen molar-refractivity contribution < 1.29 is 26.3 Å². The molecular weight excluding hydrogens is 527 g/mol. The molecule has 1 saturated heterocycles. The molecule has 0 aliphatic carbocycles. The molecule has 1 fully saturated rings. The minimum absolute atomic E-state index is 0.0459. The fraction of sp³-hybridized carbons (Fsp3) is 0.308. The summed E-state index contributed by atoms with van der Waals surface area (Å²) in [5.41, 5.74) is 0.0216. The fourth-order valence-corrected chi connectivity index (χ4v) is 5.33. The average Bonchev–Trinajstić information content (AvgIpc) is 2.85. The van der Waals surface area contributed by atoms with Gasteiger partial charge in [-0.1, -0.05) is 23.7 Å². The van der Waals surface area contributed by atoms with Crippen LogP contribution in [-0.4, -0.2) is 58.0 Å². The van der Waals surface area contributed by atoms with E-state index in [0.29, 0.717) is 17.3 Å². The number of hydrogen-bond donors (Lipinski definition) is 1. The van der Waals surface area contributed by atoms with Crippen molar-refractivity contribution in [2.45, 2.75) is 17.1 Å². The smallest absolute Gasteiger partial charge is 0.416 e. The molecule has 1 N–H and O–H groups in total. The van der Waals surface area contributed by atoms with E-state index in [1.165, 1.54) is 36.4 Å². The van der Waals surface area contributed by atoms with Crippen molar-refractivity contribution in [3.63, 3.8) is 0 Å². The van der Waals surface area contributed by atoms with Gasteiger partial charge in [-0.25, -0.2) is 13.1 Å². The lowest BCUT2D eigenvalue weighted by molar-refractivity contribution is -0.137. The molecule has 0 radical (unpaired) electrons. The largest absolute Gasteiger partial charge is 0.457 e. The Balaban J connectivity index is 1.47. The highest BCUT2D eigenvalue weighted by atomic mass is 35.5. The van der Waals surface area contributed by atoms with Crippen LogP contribution in [0.5, 0.6) is 11.5 Å². The Labute approximate surface area is 219 Å². The van der Waals surface area contributed by atoms with E-state index in [4.69, 9.17) is 16.3 Å². The van der Waals surface area contributed by atoms with E-state index >= 15 is 0 Å². The SMILES string of the molecule is CN1CCN(C[C@@H](NS(=O)(=O)c2ccc(Oc3ccc(C(F)(F)F)cc3)cc2)c2ccc(Cl)cc2)CC1. The molecule has 4 rings (SSSR count). The van der Waals surface area contributed by atoms with E-state index in [1.807, 2.05) is 12.1 Å². The molecule has 0 bridgehead atoms. The first kappa shape index (κ1) is 27.4. The Morgan fingerprint density at radius 1 is 0.892 bits per heavy atom. The highest BCUT2D eigenvalue weighted by molar-refractivity contribution is 7.89. The molecule has 1 aliphatic heterocycles. The van der Waals surface area contributed by atoms with E-state index in [2.05, 4.69) is 21.6 Å². The summed E-state index contributed by atoms with van der Waals surface area (Å²) in [6, 6.07) is 16.6. The van der Waals surface area contributed by atoms with Crippen LogP contribution >= 0.6 is 11.6 Å². The summed E-state index contributed by atoms with van der Waals surface area (Å²) in [4.78, 5) is 4.50. The third-order valence-corrected chi connectivity index (χ3v) is 7.90. The molecule has 3 aromatic carbocycles. The normalized spacial score (nSPS) is 16.5. The van der Waals surface area contributed by atoms with Crippen molar-refractivity contribution in [1.29, 1.82) is 0 Å². The number of nitrogens with zero attached hydrogens (tertiary/aromatic N) is 2. The fourth-order valence-electron chi connectivity index (χ4n) is 3.98. The van der Waals surface area contributed by atoms with E-state index in [1.54, 1.807) is 12.1 Å². The molecule has 0 aromatic heterocycles. The number of halogens is 4. The van der Waals surface area contributed by atoms with Crippen LogP contribution in [0.25, 0.3) is 0 Å². The minimum Gasteiger partial charge on any atom is -0.457 e. The summed E-state index contributed by atoms with van der Waals surface area (Å²) in [5.74, 6) is 0.502. The third-order valence-electron chi connectivity index (χ3n) is 6.16. The molecule has 37 heavy (non-hydrogen) atoms. The van der Waals surface area contributed by atoms with Gasteiger partial charge in [0, 0.05) is 37.7 Å². The van der Waals surface area contributed by atoms with Crippen LogP contribution in [0.2, 0.25) is 5.02 Å². The molecule has 1 heterocycles. The number of sulfonamides is 1. The topological polar surface area (TPSA) is 61.9 Å². The van der Waals surface area contributed by atoms with Gasteiger partial charge in [-0.2, -0.15) is 13.2 Å². The van der Waals surface area contributed by atoms with Gasteiger partial charge in [-0.05, 0) is 73.3 Å². The van der Waals surface area contributed by atoms with Crippen molar-refractivity contribution in [2.75, 3.05) is 39.8 Å². The first-order chi connectivity index (χ1) is 17.5. The van der Waals surface area contributed by atoms with Crippen molar-refractivity contribution in [3.8, 4) is 11.5 Å². The van der Waals surface area contributed by atoms with E-state index in [9.17, 15) is 21.6 Å². The lowest BCUT2D eigenvalue weighted by Crippen LogP contribution is -2.47. The van der Waals surface area contributed by atoms with Crippen LogP contribution in [0.4, 0.5) is 13.2 Å².